The number of amides is 1. The van der Waals surface area contributed by atoms with Crippen LogP contribution in [0.25, 0.3) is 6.08 Å². The van der Waals surface area contributed by atoms with Crippen LogP contribution in [-0.4, -0.2) is 30.1 Å². The monoisotopic (exact) mass is 303 g/mol. The molecule has 1 aliphatic rings. The van der Waals surface area contributed by atoms with Gasteiger partial charge in [0.1, 0.15) is 12.4 Å². The molecule has 1 aliphatic heterocycles. The maximum atomic E-state index is 12.2. The Morgan fingerprint density at radius 1 is 1.32 bits per heavy atom. The molecular weight excluding hydrogens is 282 g/mol. The molecule has 118 valence electrons. The summed E-state index contributed by atoms with van der Waals surface area (Å²) in [6, 6.07) is 7.48. The summed E-state index contributed by atoms with van der Waals surface area (Å²) < 4.78 is 5.53. The Morgan fingerprint density at radius 3 is 2.73 bits per heavy atom. The van der Waals surface area contributed by atoms with Gasteiger partial charge in [-0.2, -0.15) is 0 Å². The SMILES string of the molecule is CC(C)CC(CNC(=O)C1=Cc2ccccc2OC1)C(=O)O. The molecule has 1 aromatic rings. The van der Waals surface area contributed by atoms with Crippen molar-refractivity contribution >= 4 is 18.0 Å². The molecule has 22 heavy (non-hydrogen) atoms. The standard InChI is InChI=1S/C17H21NO4/c1-11(2)7-13(17(20)21)9-18-16(19)14-8-12-5-3-4-6-15(12)22-10-14/h3-6,8,11,13H,7,9-10H2,1-2H3,(H,18,19)(H,20,21). The number of carboxylic acids is 1. The summed E-state index contributed by atoms with van der Waals surface area (Å²) in [6.45, 7) is 4.26. The van der Waals surface area contributed by atoms with Gasteiger partial charge in [-0.15, -0.1) is 0 Å². The molecule has 1 unspecified atom stereocenters. The quantitative estimate of drug-likeness (QED) is 0.845. The van der Waals surface area contributed by atoms with Crippen molar-refractivity contribution in [3.63, 3.8) is 0 Å². The molecule has 0 spiro atoms. The van der Waals surface area contributed by atoms with Gasteiger partial charge >= 0.3 is 5.97 Å². The molecule has 0 aliphatic carbocycles. The Balaban J connectivity index is 1.98. The Kier molecular flexibility index (Phi) is 5.20. The number of benzene rings is 1. The van der Waals surface area contributed by atoms with Crippen molar-refractivity contribution in [2.45, 2.75) is 20.3 Å². The van der Waals surface area contributed by atoms with Crippen molar-refractivity contribution in [1.82, 2.24) is 5.32 Å². The minimum absolute atomic E-state index is 0.130. The third-order valence-corrected chi connectivity index (χ3v) is 3.54. The van der Waals surface area contributed by atoms with Crippen molar-refractivity contribution < 1.29 is 19.4 Å². The Morgan fingerprint density at radius 2 is 2.05 bits per heavy atom. The lowest BCUT2D eigenvalue weighted by Gasteiger charge is -2.19. The summed E-state index contributed by atoms with van der Waals surface area (Å²) in [6.07, 6.45) is 2.32. The van der Waals surface area contributed by atoms with Gasteiger partial charge in [0, 0.05) is 12.1 Å². The Bertz CT molecular complexity index is 592. The fourth-order valence-corrected chi connectivity index (χ4v) is 2.42. The number of fused-ring (bicyclic) bond motifs is 1. The fraction of sp³-hybridized carbons (Fsp3) is 0.412. The molecule has 0 aromatic heterocycles. The van der Waals surface area contributed by atoms with Gasteiger partial charge in [-0.05, 0) is 24.5 Å². The number of hydrogen-bond acceptors (Lipinski definition) is 3. The van der Waals surface area contributed by atoms with Crippen molar-refractivity contribution in [2.24, 2.45) is 11.8 Å². The van der Waals surface area contributed by atoms with Crippen LogP contribution >= 0.6 is 0 Å². The predicted octanol–water partition coefficient (Wildman–Crippen LogP) is 2.33. The first-order valence-electron chi connectivity index (χ1n) is 7.40. The maximum Gasteiger partial charge on any atom is 0.308 e. The van der Waals surface area contributed by atoms with Crippen LogP contribution in [0.2, 0.25) is 0 Å². The topological polar surface area (TPSA) is 75.6 Å². The first-order valence-corrected chi connectivity index (χ1v) is 7.40. The Hall–Kier alpha value is -2.30. The second-order valence-corrected chi connectivity index (χ2v) is 5.87. The van der Waals surface area contributed by atoms with Gasteiger partial charge in [-0.25, -0.2) is 0 Å². The van der Waals surface area contributed by atoms with Crippen LogP contribution in [0.5, 0.6) is 5.75 Å². The normalized spacial score (nSPS) is 14.6. The third-order valence-electron chi connectivity index (χ3n) is 3.54. The van der Waals surface area contributed by atoms with Crippen molar-refractivity contribution in [3.05, 3.63) is 35.4 Å². The highest BCUT2D eigenvalue weighted by atomic mass is 16.5. The van der Waals surface area contributed by atoms with E-state index in [1.807, 2.05) is 38.1 Å². The van der Waals surface area contributed by atoms with Gasteiger partial charge in [-0.3, -0.25) is 9.59 Å². The number of hydrogen-bond donors (Lipinski definition) is 2. The van der Waals surface area contributed by atoms with Gasteiger partial charge < -0.3 is 15.2 Å². The van der Waals surface area contributed by atoms with E-state index in [4.69, 9.17) is 4.74 Å². The van der Waals surface area contributed by atoms with Crippen LogP contribution in [0, 0.1) is 11.8 Å². The van der Waals surface area contributed by atoms with E-state index in [0.717, 1.165) is 11.3 Å². The fourth-order valence-electron chi connectivity index (χ4n) is 2.42. The smallest absolute Gasteiger partial charge is 0.308 e. The van der Waals surface area contributed by atoms with Crippen molar-refractivity contribution in [2.75, 3.05) is 13.2 Å². The maximum absolute atomic E-state index is 12.2. The molecule has 5 heteroatoms. The number of ether oxygens (including phenoxy) is 1. The first kappa shape index (κ1) is 16.1. The Labute approximate surface area is 130 Å². The zero-order valence-corrected chi connectivity index (χ0v) is 12.8. The molecule has 1 atom stereocenters. The largest absolute Gasteiger partial charge is 0.488 e. The van der Waals surface area contributed by atoms with Gasteiger partial charge in [0.15, 0.2) is 0 Å². The van der Waals surface area contributed by atoms with Crippen LogP contribution < -0.4 is 10.1 Å². The summed E-state index contributed by atoms with van der Waals surface area (Å²) in [5, 5.41) is 11.9. The highest BCUT2D eigenvalue weighted by molar-refractivity contribution is 5.99. The summed E-state index contributed by atoms with van der Waals surface area (Å²) in [5.41, 5.74) is 1.36. The molecule has 2 rings (SSSR count). The van der Waals surface area contributed by atoms with E-state index >= 15 is 0 Å². The molecule has 2 N–H and O–H groups in total. The summed E-state index contributed by atoms with van der Waals surface area (Å²) in [5.74, 6) is -0.705. The van der Waals surface area contributed by atoms with E-state index in [1.165, 1.54) is 0 Å². The molecule has 0 bridgehead atoms. The number of carbonyl (C=O) groups excluding carboxylic acids is 1. The molecular formula is C17H21NO4. The van der Waals surface area contributed by atoms with Crippen molar-refractivity contribution in [1.29, 1.82) is 0 Å². The van der Waals surface area contributed by atoms with E-state index in [9.17, 15) is 14.7 Å². The minimum Gasteiger partial charge on any atom is -0.488 e. The number of rotatable bonds is 6. The van der Waals surface area contributed by atoms with Crippen LogP contribution in [-0.2, 0) is 9.59 Å². The van der Waals surface area contributed by atoms with Crippen LogP contribution in [0.3, 0.4) is 0 Å². The lowest BCUT2D eigenvalue weighted by molar-refractivity contribution is -0.142. The second-order valence-electron chi connectivity index (χ2n) is 5.87. The predicted molar refractivity (Wildman–Crippen MR) is 83.5 cm³/mol. The van der Waals surface area contributed by atoms with Crippen LogP contribution in [0.15, 0.2) is 29.8 Å². The summed E-state index contributed by atoms with van der Waals surface area (Å²) in [7, 11) is 0. The average Bonchev–Trinajstić information content (AvgIpc) is 2.50. The molecule has 1 heterocycles. The molecule has 0 saturated carbocycles. The molecule has 5 nitrogen and oxygen atoms in total. The number of nitrogens with one attached hydrogen (secondary N) is 1. The zero-order chi connectivity index (χ0) is 16.1. The average molecular weight is 303 g/mol. The van der Waals surface area contributed by atoms with E-state index in [2.05, 4.69) is 5.32 Å². The summed E-state index contributed by atoms with van der Waals surface area (Å²) in [4.78, 5) is 23.4. The van der Waals surface area contributed by atoms with Gasteiger partial charge in [-0.1, -0.05) is 32.0 Å². The van der Waals surface area contributed by atoms with Crippen molar-refractivity contribution in [3.8, 4) is 5.75 Å². The van der Waals surface area contributed by atoms with Crippen LogP contribution in [0.4, 0.5) is 0 Å². The molecule has 0 fully saturated rings. The zero-order valence-electron chi connectivity index (χ0n) is 12.8. The van der Waals surface area contributed by atoms with Crippen LogP contribution in [0.1, 0.15) is 25.8 Å². The molecule has 1 amide bonds. The number of para-hydroxylation sites is 1. The highest BCUT2D eigenvalue weighted by Crippen LogP contribution is 2.25. The first-order chi connectivity index (χ1) is 10.5. The molecule has 0 radical (unpaired) electrons. The van der Waals surface area contributed by atoms with E-state index in [1.54, 1.807) is 6.08 Å². The lowest BCUT2D eigenvalue weighted by Crippen LogP contribution is -2.35. The number of carbonyl (C=O) groups is 2. The third kappa shape index (κ3) is 4.10. The second kappa shape index (κ2) is 7.11. The summed E-state index contributed by atoms with van der Waals surface area (Å²) >= 11 is 0. The highest BCUT2D eigenvalue weighted by Gasteiger charge is 2.22. The number of carboxylic acid groups (broad SMARTS) is 1. The van der Waals surface area contributed by atoms with E-state index in [0.29, 0.717) is 12.0 Å². The van der Waals surface area contributed by atoms with Gasteiger partial charge in [0.2, 0.25) is 0 Å². The molecule has 1 aromatic carbocycles. The minimum atomic E-state index is -0.881. The van der Waals surface area contributed by atoms with E-state index < -0.39 is 11.9 Å². The lowest BCUT2D eigenvalue weighted by atomic mass is 9.97. The van der Waals surface area contributed by atoms with E-state index in [-0.39, 0.29) is 25.0 Å². The number of aliphatic carboxylic acids is 1. The van der Waals surface area contributed by atoms with Gasteiger partial charge in [0.05, 0.1) is 11.5 Å². The van der Waals surface area contributed by atoms with Gasteiger partial charge in [0.25, 0.3) is 5.91 Å². The molecule has 0 saturated heterocycles.